The SMILES string of the molecule is O=C1c2ccccc2C(=O)c2c(NC(=S)Nc3ccc(F)cc3)cccc21. The molecule has 0 atom stereocenters. The monoisotopic (exact) mass is 376 g/mol. The standard InChI is InChI=1S/C21H13FN2O2S/c22-12-8-10-13(11-9-12)23-21(27)24-17-7-3-6-16-18(17)20(26)15-5-2-1-4-14(15)19(16)25/h1-11H,(H2,23,24,27). The predicted molar refractivity (Wildman–Crippen MR) is 106 cm³/mol. The number of fused-ring (bicyclic) bond motifs is 2. The number of hydrogen-bond acceptors (Lipinski definition) is 3. The molecule has 6 heteroatoms. The molecule has 0 aromatic heterocycles. The van der Waals surface area contributed by atoms with Crippen molar-refractivity contribution < 1.29 is 14.0 Å². The number of anilines is 2. The fourth-order valence-electron chi connectivity index (χ4n) is 3.07. The van der Waals surface area contributed by atoms with Crippen molar-refractivity contribution in [2.75, 3.05) is 10.6 Å². The number of carbonyl (C=O) groups excluding carboxylic acids is 2. The van der Waals surface area contributed by atoms with Crippen LogP contribution in [0.2, 0.25) is 0 Å². The topological polar surface area (TPSA) is 58.2 Å². The minimum atomic E-state index is -0.348. The quantitative estimate of drug-likeness (QED) is 0.508. The molecule has 3 aromatic carbocycles. The molecule has 0 radical (unpaired) electrons. The summed E-state index contributed by atoms with van der Waals surface area (Å²) in [4.78, 5) is 25.7. The van der Waals surface area contributed by atoms with Crippen molar-refractivity contribution in [3.63, 3.8) is 0 Å². The van der Waals surface area contributed by atoms with E-state index in [0.29, 0.717) is 33.6 Å². The van der Waals surface area contributed by atoms with Crippen molar-refractivity contribution >= 4 is 40.3 Å². The van der Waals surface area contributed by atoms with Gasteiger partial charge in [0.1, 0.15) is 5.82 Å². The smallest absolute Gasteiger partial charge is 0.196 e. The largest absolute Gasteiger partial charge is 0.332 e. The summed E-state index contributed by atoms with van der Waals surface area (Å²) in [5.74, 6) is -0.770. The molecule has 0 heterocycles. The molecule has 0 bridgehead atoms. The molecule has 0 saturated heterocycles. The maximum Gasteiger partial charge on any atom is 0.196 e. The first kappa shape index (κ1) is 17.1. The van der Waals surface area contributed by atoms with E-state index >= 15 is 0 Å². The number of ketones is 2. The number of nitrogens with one attached hydrogen (secondary N) is 2. The Morgan fingerprint density at radius 2 is 1.37 bits per heavy atom. The fraction of sp³-hybridized carbons (Fsp3) is 0. The molecule has 3 aromatic rings. The molecule has 132 valence electrons. The summed E-state index contributed by atoms with van der Waals surface area (Å²) in [7, 11) is 0. The third-order valence-electron chi connectivity index (χ3n) is 4.30. The first-order valence-corrected chi connectivity index (χ1v) is 8.60. The summed E-state index contributed by atoms with van der Waals surface area (Å²) >= 11 is 5.29. The molecule has 0 fully saturated rings. The molecule has 27 heavy (non-hydrogen) atoms. The van der Waals surface area contributed by atoms with Crippen molar-refractivity contribution in [3.05, 3.63) is 94.8 Å². The Bertz CT molecular complexity index is 1090. The Balaban J connectivity index is 1.66. The van der Waals surface area contributed by atoms with Gasteiger partial charge in [-0.15, -0.1) is 0 Å². The van der Waals surface area contributed by atoms with Crippen LogP contribution in [-0.2, 0) is 0 Å². The average molecular weight is 376 g/mol. The van der Waals surface area contributed by atoms with E-state index in [1.54, 1.807) is 54.6 Å². The maximum absolute atomic E-state index is 13.0. The molecule has 1 aliphatic carbocycles. The lowest BCUT2D eigenvalue weighted by Crippen LogP contribution is -2.25. The van der Waals surface area contributed by atoms with Crippen LogP contribution in [0, 0.1) is 5.82 Å². The first-order valence-electron chi connectivity index (χ1n) is 8.19. The fourth-order valence-corrected chi connectivity index (χ4v) is 3.29. The highest BCUT2D eigenvalue weighted by Gasteiger charge is 2.31. The van der Waals surface area contributed by atoms with Crippen molar-refractivity contribution in [2.45, 2.75) is 0 Å². The molecule has 1 aliphatic rings. The van der Waals surface area contributed by atoms with E-state index in [1.165, 1.54) is 12.1 Å². The molecule has 0 aliphatic heterocycles. The maximum atomic E-state index is 13.0. The Labute approximate surface area is 160 Å². The molecule has 0 unspecified atom stereocenters. The van der Waals surface area contributed by atoms with Gasteiger partial charge in [0.25, 0.3) is 0 Å². The van der Waals surface area contributed by atoms with E-state index in [0.717, 1.165) is 0 Å². The number of halogens is 1. The summed E-state index contributed by atoms with van der Waals surface area (Å²) in [6.45, 7) is 0. The minimum absolute atomic E-state index is 0.193. The van der Waals surface area contributed by atoms with Crippen LogP contribution in [0.1, 0.15) is 31.8 Å². The van der Waals surface area contributed by atoms with E-state index in [1.807, 2.05) is 0 Å². The Morgan fingerprint density at radius 1 is 0.741 bits per heavy atom. The number of hydrogen-bond donors (Lipinski definition) is 2. The molecular weight excluding hydrogens is 363 g/mol. The highest BCUT2D eigenvalue weighted by molar-refractivity contribution is 7.80. The van der Waals surface area contributed by atoms with Gasteiger partial charge in [0.05, 0.1) is 11.3 Å². The van der Waals surface area contributed by atoms with Crippen LogP contribution >= 0.6 is 12.2 Å². The van der Waals surface area contributed by atoms with Crippen LogP contribution in [0.5, 0.6) is 0 Å². The van der Waals surface area contributed by atoms with Gasteiger partial charge in [0.15, 0.2) is 16.7 Å². The second kappa shape index (κ2) is 6.74. The minimum Gasteiger partial charge on any atom is -0.332 e. The van der Waals surface area contributed by atoms with Gasteiger partial charge in [-0.1, -0.05) is 36.4 Å². The van der Waals surface area contributed by atoms with Crippen LogP contribution in [-0.4, -0.2) is 16.7 Å². The van der Waals surface area contributed by atoms with Gasteiger partial charge >= 0.3 is 0 Å². The van der Waals surface area contributed by atoms with E-state index in [4.69, 9.17) is 12.2 Å². The third-order valence-corrected chi connectivity index (χ3v) is 4.51. The normalized spacial score (nSPS) is 12.2. The molecule has 0 saturated carbocycles. The van der Waals surface area contributed by atoms with Crippen molar-refractivity contribution in [3.8, 4) is 0 Å². The molecule has 0 spiro atoms. The summed E-state index contributed by atoms with van der Waals surface area (Å²) in [6.07, 6.45) is 0. The Kier molecular flexibility index (Phi) is 4.25. The second-order valence-corrected chi connectivity index (χ2v) is 6.43. The van der Waals surface area contributed by atoms with Crippen molar-refractivity contribution in [1.29, 1.82) is 0 Å². The zero-order valence-electron chi connectivity index (χ0n) is 14.0. The van der Waals surface area contributed by atoms with Gasteiger partial charge in [0, 0.05) is 22.4 Å². The molecule has 2 N–H and O–H groups in total. The van der Waals surface area contributed by atoms with Gasteiger partial charge in [-0.3, -0.25) is 9.59 Å². The lowest BCUT2D eigenvalue weighted by molar-refractivity contribution is 0.0979. The van der Waals surface area contributed by atoms with E-state index in [9.17, 15) is 14.0 Å². The highest BCUT2D eigenvalue weighted by atomic mass is 32.1. The number of rotatable bonds is 2. The van der Waals surface area contributed by atoms with Crippen LogP contribution in [0.4, 0.5) is 15.8 Å². The van der Waals surface area contributed by atoms with Gasteiger partial charge in [-0.2, -0.15) is 0 Å². The van der Waals surface area contributed by atoms with Gasteiger partial charge < -0.3 is 10.6 Å². The lowest BCUT2D eigenvalue weighted by atomic mass is 9.83. The number of thiocarbonyl (C=S) groups is 1. The van der Waals surface area contributed by atoms with Crippen molar-refractivity contribution in [2.24, 2.45) is 0 Å². The van der Waals surface area contributed by atoms with Crippen LogP contribution in [0.15, 0.2) is 66.7 Å². The van der Waals surface area contributed by atoms with Crippen LogP contribution in [0.25, 0.3) is 0 Å². The Hall–Kier alpha value is -3.38. The lowest BCUT2D eigenvalue weighted by Gasteiger charge is -2.21. The summed E-state index contributed by atoms with van der Waals surface area (Å²) < 4.78 is 13.0. The van der Waals surface area contributed by atoms with Crippen LogP contribution < -0.4 is 10.6 Å². The van der Waals surface area contributed by atoms with Crippen molar-refractivity contribution in [1.82, 2.24) is 0 Å². The summed E-state index contributed by atoms with van der Waals surface area (Å²) in [5, 5.41) is 6.13. The Morgan fingerprint density at radius 3 is 2.07 bits per heavy atom. The van der Waals surface area contributed by atoms with Gasteiger partial charge in [-0.05, 0) is 42.5 Å². The van der Waals surface area contributed by atoms with Gasteiger partial charge in [0.2, 0.25) is 0 Å². The summed E-state index contributed by atoms with van der Waals surface area (Å²) in [5.41, 5.74) is 2.46. The zero-order chi connectivity index (χ0) is 19.0. The zero-order valence-corrected chi connectivity index (χ0v) is 14.8. The van der Waals surface area contributed by atoms with E-state index in [-0.39, 0.29) is 22.5 Å². The first-order chi connectivity index (χ1) is 13.0. The number of benzene rings is 3. The molecule has 0 amide bonds. The highest BCUT2D eigenvalue weighted by Crippen LogP contribution is 2.32. The molecule has 4 rings (SSSR count). The van der Waals surface area contributed by atoms with E-state index in [2.05, 4.69) is 10.6 Å². The second-order valence-electron chi connectivity index (χ2n) is 6.02. The molecular formula is C21H13FN2O2S. The summed E-state index contributed by atoms with van der Waals surface area (Å²) in [6, 6.07) is 17.5. The third kappa shape index (κ3) is 3.11. The van der Waals surface area contributed by atoms with Gasteiger partial charge in [-0.25, -0.2) is 4.39 Å². The molecule has 4 nitrogen and oxygen atoms in total. The average Bonchev–Trinajstić information content (AvgIpc) is 2.68. The van der Waals surface area contributed by atoms with E-state index < -0.39 is 0 Å². The number of carbonyl (C=O) groups is 2. The van der Waals surface area contributed by atoms with Crippen LogP contribution in [0.3, 0.4) is 0 Å². The predicted octanol–water partition coefficient (Wildman–Crippen LogP) is 4.41.